The average Bonchev–Trinajstić information content (AvgIpc) is 2.78. The van der Waals surface area contributed by atoms with Crippen LogP contribution in [0, 0.1) is 13.8 Å². The van der Waals surface area contributed by atoms with Gasteiger partial charge < -0.3 is 5.32 Å². The summed E-state index contributed by atoms with van der Waals surface area (Å²) in [6, 6.07) is 10.4. The monoisotopic (exact) mass is 327 g/mol. The van der Waals surface area contributed by atoms with Crippen molar-refractivity contribution in [2.75, 3.05) is 0 Å². The Morgan fingerprint density at radius 2 is 1.88 bits per heavy atom. The average molecular weight is 327 g/mol. The summed E-state index contributed by atoms with van der Waals surface area (Å²) in [5, 5.41) is 7.58. The lowest BCUT2D eigenvalue weighted by Crippen LogP contribution is -2.45. The Balaban J connectivity index is 1.97. The first-order chi connectivity index (χ1) is 11.2. The molecule has 0 spiro atoms. The number of carbonyl (C=O) groups is 1. The Bertz CT molecular complexity index is 701. The summed E-state index contributed by atoms with van der Waals surface area (Å²) in [4.78, 5) is 12.4. The molecule has 0 aliphatic rings. The molecular weight excluding hydrogens is 298 g/mol. The Morgan fingerprint density at radius 3 is 2.42 bits per heavy atom. The van der Waals surface area contributed by atoms with Crippen molar-refractivity contribution in [1.29, 1.82) is 0 Å². The van der Waals surface area contributed by atoms with Gasteiger partial charge in [-0.2, -0.15) is 5.10 Å². The van der Waals surface area contributed by atoms with Crippen LogP contribution in [0.4, 0.5) is 0 Å². The molecule has 1 unspecified atom stereocenters. The van der Waals surface area contributed by atoms with Gasteiger partial charge in [-0.1, -0.05) is 44.2 Å². The van der Waals surface area contributed by atoms with Crippen LogP contribution >= 0.6 is 0 Å². The number of benzene rings is 1. The summed E-state index contributed by atoms with van der Waals surface area (Å²) in [6.45, 7) is 10.5. The molecule has 0 aliphatic carbocycles. The third kappa shape index (κ3) is 3.86. The van der Waals surface area contributed by atoms with Crippen molar-refractivity contribution >= 4 is 5.91 Å². The Morgan fingerprint density at radius 1 is 1.25 bits per heavy atom. The number of rotatable bonds is 6. The highest BCUT2D eigenvalue weighted by molar-refractivity contribution is 5.76. The van der Waals surface area contributed by atoms with Crippen LogP contribution in [0.25, 0.3) is 0 Å². The molecule has 2 aromatic rings. The predicted octanol–water partition coefficient (Wildman–Crippen LogP) is 3.45. The number of hydrogen-bond donors (Lipinski definition) is 1. The van der Waals surface area contributed by atoms with Crippen molar-refractivity contribution in [3.63, 3.8) is 0 Å². The molecule has 1 heterocycles. The second-order valence-corrected chi connectivity index (χ2v) is 7.15. The zero-order valence-electron chi connectivity index (χ0n) is 15.7. The van der Waals surface area contributed by atoms with Gasteiger partial charge in [-0.15, -0.1) is 0 Å². The SMILES string of the molecule is Cc1nn(C)c(C)c1CCC(=O)NC(C)C(C)(C)c1ccccc1. The summed E-state index contributed by atoms with van der Waals surface area (Å²) in [5.41, 5.74) is 4.45. The van der Waals surface area contributed by atoms with E-state index in [-0.39, 0.29) is 17.4 Å². The van der Waals surface area contributed by atoms with Crippen molar-refractivity contribution < 1.29 is 4.79 Å². The zero-order valence-corrected chi connectivity index (χ0v) is 15.7. The van der Waals surface area contributed by atoms with Crippen LogP contribution < -0.4 is 5.32 Å². The van der Waals surface area contributed by atoms with Gasteiger partial charge in [0.25, 0.3) is 0 Å². The third-order valence-corrected chi connectivity index (χ3v) is 5.24. The normalized spacial score (nSPS) is 12.9. The summed E-state index contributed by atoms with van der Waals surface area (Å²) in [5.74, 6) is 0.0918. The topological polar surface area (TPSA) is 46.9 Å². The van der Waals surface area contributed by atoms with Crippen LogP contribution in [-0.2, 0) is 23.7 Å². The number of carbonyl (C=O) groups excluding carboxylic acids is 1. The van der Waals surface area contributed by atoms with Crippen molar-refractivity contribution in [1.82, 2.24) is 15.1 Å². The standard InChI is InChI=1S/C20H29N3O/c1-14-18(15(2)23(6)22-14)12-13-19(24)21-16(3)20(4,5)17-10-8-7-9-11-17/h7-11,16H,12-13H2,1-6H3,(H,21,24). The van der Waals surface area contributed by atoms with E-state index in [1.807, 2.05) is 43.8 Å². The van der Waals surface area contributed by atoms with Crippen molar-refractivity contribution in [2.24, 2.45) is 7.05 Å². The maximum atomic E-state index is 12.4. The number of nitrogens with one attached hydrogen (secondary N) is 1. The van der Waals surface area contributed by atoms with E-state index in [9.17, 15) is 4.79 Å². The van der Waals surface area contributed by atoms with Gasteiger partial charge in [0.05, 0.1) is 5.69 Å². The van der Waals surface area contributed by atoms with Crippen LogP contribution in [-0.4, -0.2) is 21.7 Å². The fourth-order valence-corrected chi connectivity index (χ4v) is 3.03. The Labute approximate surface area is 145 Å². The highest BCUT2D eigenvalue weighted by Gasteiger charge is 2.28. The zero-order chi connectivity index (χ0) is 17.9. The fourth-order valence-electron chi connectivity index (χ4n) is 3.03. The number of hydrogen-bond acceptors (Lipinski definition) is 2. The number of aromatic nitrogens is 2. The van der Waals surface area contributed by atoms with Crippen LogP contribution in [0.5, 0.6) is 0 Å². The first-order valence-electron chi connectivity index (χ1n) is 8.57. The van der Waals surface area contributed by atoms with E-state index in [4.69, 9.17) is 0 Å². The summed E-state index contributed by atoms with van der Waals surface area (Å²) >= 11 is 0. The molecular formula is C20H29N3O. The van der Waals surface area contributed by atoms with Gasteiger partial charge in [-0.25, -0.2) is 0 Å². The summed E-state index contributed by atoms with van der Waals surface area (Å²) < 4.78 is 1.88. The molecule has 130 valence electrons. The number of aryl methyl sites for hydroxylation is 2. The van der Waals surface area contributed by atoms with Gasteiger partial charge in [0.2, 0.25) is 5.91 Å². The summed E-state index contributed by atoms with van der Waals surface area (Å²) in [6.07, 6.45) is 1.22. The minimum Gasteiger partial charge on any atom is -0.353 e. The molecule has 1 aromatic heterocycles. The van der Waals surface area contributed by atoms with E-state index >= 15 is 0 Å². The minimum absolute atomic E-state index is 0.0588. The highest BCUT2D eigenvalue weighted by atomic mass is 16.1. The smallest absolute Gasteiger partial charge is 0.220 e. The lowest BCUT2D eigenvalue weighted by molar-refractivity contribution is -0.122. The van der Waals surface area contributed by atoms with Gasteiger partial charge in [-0.3, -0.25) is 9.48 Å². The molecule has 0 saturated heterocycles. The van der Waals surface area contributed by atoms with E-state index in [0.717, 1.165) is 17.8 Å². The Kier molecular flexibility index (Phi) is 5.47. The molecule has 24 heavy (non-hydrogen) atoms. The lowest BCUT2D eigenvalue weighted by atomic mass is 9.78. The van der Waals surface area contributed by atoms with E-state index in [0.29, 0.717) is 6.42 Å². The van der Waals surface area contributed by atoms with Gasteiger partial charge in [0.15, 0.2) is 0 Å². The third-order valence-electron chi connectivity index (χ3n) is 5.24. The maximum Gasteiger partial charge on any atom is 0.220 e. The van der Waals surface area contributed by atoms with Crippen LogP contribution in [0.2, 0.25) is 0 Å². The summed E-state index contributed by atoms with van der Waals surface area (Å²) in [7, 11) is 1.94. The fraction of sp³-hybridized carbons (Fsp3) is 0.500. The van der Waals surface area contributed by atoms with Gasteiger partial charge in [-0.05, 0) is 38.3 Å². The Hall–Kier alpha value is -2.10. The van der Waals surface area contributed by atoms with Gasteiger partial charge in [0.1, 0.15) is 0 Å². The van der Waals surface area contributed by atoms with Crippen LogP contribution in [0.1, 0.15) is 49.7 Å². The molecule has 0 saturated carbocycles. The molecule has 0 bridgehead atoms. The first-order valence-corrected chi connectivity index (χ1v) is 8.57. The van der Waals surface area contributed by atoms with Crippen molar-refractivity contribution in [2.45, 2.75) is 58.9 Å². The van der Waals surface area contributed by atoms with Crippen molar-refractivity contribution in [3.8, 4) is 0 Å². The van der Waals surface area contributed by atoms with Gasteiger partial charge in [0, 0.05) is 30.6 Å². The predicted molar refractivity (Wildman–Crippen MR) is 98.1 cm³/mol. The second kappa shape index (κ2) is 7.20. The molecule has 4 heteroatoms. The highest BCUT2D eigenvalue weighted by Crippen LogP contribution is 2.27. The molecule has 2 rings (SSSR count). The first kappa shape index (κ1) is 18.2. The molecule has 0 aliphatic heterocycles. The molecule has 1 amide bonds. The quantitative estimate of drug-likeness (QED) is 0.883. The number of amides is 1. The molecule has 1 atom stereocenters. The largest absolute Gasteiger partial charge is 0.353 e. The van der Waals surface area contributed by atoms with Crippen LogP contribution in [0.15, 0.2) is 30.3 Å². The molecule has 4 nitrogen and oxygen atoms in total. The van der Waals surface area contributed by atoms with E-state index in [2.05, 4.69) is 43.3 Å². The van der Waals surface area contributed by atoms with E-state index < -0.39 is 0 Å². The lowest BCUT2D eigenvalue weighted by Gasteiger charge is -2.33. The minimum atomic E-state index is -0.114. The molecule has 0 radical (unpaired) electrons. The molecule has 1 aromatic carbocycles. The van der Waals surface area contributed by atoms with Crippen LogP contribution in [0.3, 0.4) is 0 Å². The van der Waals surface area contributed by atoms with E-state index in [1.54, 1.807) is 0 Å². The molecule has 0 fully saturated rings. The maximum absolute atomic E-state index is 12.4. The van der Waals surface area contributed by atoms with Gasteiger partial charge >= 0.3 is 0 Å². The second-order valence-electron chi connectivity index (χ2n) is 7.15. The van der Waals surface area contributed by atoms with Crippen molar-refractivity contribution in [3.05, 3.63) is 52.8 Å². The molecule has 1 N–H and O–H groups in total. The van der Waals surface area contributed by atoms with E-state index in [1.165, 1.54) is 11.1 Å². The number of nitrogens with zero attached hydrogens (tertiary/aromatic N) is 2.